The van der Waals surface area contributed by atoms with E-state index in [2.05, 4.69) is 21.4 Å². The van der Waals surface area contributed by atoms with Crippen LogP contribution in [-0.4, -0.2) is 18.8 Å². The third-order valence-electron chi connectivity index (χ3n) is 2.49. The Kier molecular flexibility index (Phi) is 3.78. The van der Waals surface area contributed by atoms with Gasteiger partial charge in [0, 0.05) is 11.8 Å². The summed E-state index contributed by atoms with van der Waals surface area (Å²) in [7, 11) is 0. The maximum atomic E-state index is 12.8. The molecule has 0 unspecified atom stereocenters. The van der Waals surface area contributed by atoms with E-state index in [1.165, 1.54) is 18.2 Å². The summed E-state index contributed by atoms with van der Waals surface area (Å²) < 4.78 is 39.3. The molecule has 108 valence electrons. The zero-order valence-corrected chi connectivity index (χ0v) is 10.7. The molecule has 1 heterocycles. The molecule has 20 heavy (non-hydrogen) atoms. The third kappa shape index (κ3) is 3.37. The number of hydrogen-bond donors (Lipinski definition) is 1. The molecule has 0 spiro atoms. The van der Waals surface area contributed by atoms with Crippen molar-refractivity contribution in [1.29, 1.82) is 0 Å². The van der Waals surface area contributed by atoms with Crippen molar-refractivity contribution < 1.29 is 27.8 Å². The van der Waals surface area contributed by atoms with E-state index in [0.717, 1.165) is 0 Å². The number of ether oxygens (including phenoxy) is 3. The molecular formula is C13H13F2NO4. The van der Waals surface area contributed by atoms with Crippen molar-refractivity contribution in [2.45, 2.75) is 19.6 Å². The van der Waals surface area contributed by atoms with Gasteiger partial charge in [0.25, 0.3) is 5.91 Å². The number of amides is 1. The first kappa shape index (κ1) is 14.1. The third-order valence-corrected chi connectivity index (χ3v) is 2.49. The highest BCUT2D eigenvalue weighted by molar-refractivity contribution is 5.79. The number of rotatable bonds is 5. The standard InChI is InChI=1S/C13H13F2NO4/c1-3-8(2)16-12(17)7-18-9-4-5-10-11(6-9)20-13(14,15)19-10/h4-6H,2-3,7H2,1H3,(H,16,17). The minimum absolute atomic E-state index is 0.0776. The quantitative estimate of drug-likeness (QED) is 0.902. The second-order valence-corrected chi connectivity index (χ2v) is 4.07. The van der Waals surface area contributed by atoms with E-state index < -0.39 is 6.29 Å². The number of fused-ring (bicyclic) bond motifs is 1. The van der Waals surface area contributed by atoms with Crippen LogP contribution < -0.4 is 19.5 Å². The van der Waals surface area contributed by atoms with Crippen molar-refractivity contribution in [3.63, 3.8) is 0 Å². The van der Waals surface area contributed by atoms with Gasteiger partial charge in [0.1, 0.15) is 5.75 Å². The van der Waals surface area contributed by atoms with E-state index in [1.54, 1.807) is 0 Å². The predicted octanol–water partition coefficient (Wildman–Crippen LogP) is 2.43. The van der Waals surface area contributed by atoms with Gasteiger partial charge >= 0.3 is 6.29 Å². The van der Waals surface area contributed by atoms with Crippen LogP contribution in [0.25, 0.3) is 0 Å². The number of carbonyl (C=O) groups excluding carboxylic acids is 1. The molecule has 1 aromatic rings. The van der Waals surface area contributed by atoms with Crippen LogP contribution in [0.3, 0.4) is 0 Å². The predicted molar refractivity (Wildman–Crippen MR) is 65.7 cm³/mol. The first-order valence-electron chi connectivity index (χ1n) is 5.90. The summed E-state index contributed by atoms with van der Waals surface area (Å²) in [5.41, 5.74) is 0.573. The lowest BCUT2D eigenvalue weighted by Gasteiger charge is -2.08. The second kappa shape index (κ2) is 5.36. The Hall–Kier alpha value is -2.31. The van der Waals surface area contributed by atoms with Crippen molar-refractivity contribution in [3.05, 3.63) is 30.5 Å². The Balaban J connectivity index is 1.93. The summed E-state index contributed by atoms with van der Waals surface area (Å²) in [5.74, 6) is -0.362. The van der Waals surface area contributed by atoms with Gasteiger partial charge in [-0.2, -0.15) is 0 Å². The molecule has 1 aliphatic heterocycles. The minimum Gasteiger partial charge on any atom is -0.484 e. The van der Waals surface area contributed by atoms with Crippen LogP contribution >= 0.6 is 0 Å². The lowest BCUT2D eigenvalue weighted by Crippen LogP contribution is -2.27. The van der Waals surface area contributed by atoms with E-state index >= 15 is 0 Å². The van der Waals surface area contributed by atoms with Crippen LogP contribution in [0.2, 0.25) is 0 Å². The first-order chi connectivity index (χ1) is 9.39. The van der Waals surface area contributed by atoms with Crippen molar-refractivity contribution >= 4 is 5.91 Å². The average Bonchev–Trinajstić information content (AvgIpc) is 2.69. The molecule has 0 saturated heterocycles. The SMILES string of the molecule is C=C(CC)NC(=O)COc1ccc2c(c1)OC(F)(F)O2. The van der Waals surface area contributed by atoms with Gasteiger partial charge in [-0.05, 0) is 18.6 Å². The van der Waals surface area contributed by atoms with Crippen LogP contribution in [0, 0.1) is 0 Å². The van der Waals surface area contributed by atoms with Gasteiger partial charge in [-0.15, -0.1) is 8.78 Å². The van der Waals surface area contributed by atoms with Gasteiger partial charge in [-0.1, -0.05) is 13.5 Å². The van der Waals surface area contributed by atoms with Gasteiger partial charge in [0.05, 0.1) is 0 Å². The highest BCUT2D eigenvalue weighted by Gasteiger charge is 2.43. The molecule has 0 radical (unpaired) electrons. The van der Waals surface area contributed by atoms with E-state index in [-0.39, 0.29) is 29.8 Å². The molecule has 1 aliphatic rings. The van der Waals surface area contributed by atoms with Gasteiger partial charge < -0.3 is 19.5 Å². The van der Waals surface area contributed by atoms with Crippen LogP contribution in [0.1, 0.15) is 13.3 Å². The fourth-order valence-corrected chi connectivity index (χ4v) is 1.49. The number of hydrogen-bond acceptors (Lipinski definition) is 4. The smallest absolute Gasteiger partial charge is 0.484 e. The summed E-state index contributed by atoms with van der Waals surface area (Å²) in [4.78, 5) is 11.4. The monoisotopic (exact) mass is 285 g/mol. The molecule has 0 aromatic heterocycles. The number of benzene rings is 1. The van der Waals surface area contributed by atoms with Crippen molar-refractivity contribution in [3.8, 4) is 17.2 Å². The molecule has 1 amide bonds. The Morgan fingerprint density at radius 2 is 2.10 bits per heavy atom. The zero-order valence-electron chi connectivity index (χ0n) is 10.7. The van der Waals surface area contributed by atoms with Crippen LogP contribution in [0.5, 0.6) is 17.2 Å². The normalized spacial score (nSPS) is 14.8. The Morgan fingerprint density at radius 3 is 2.80 bits per heavy atom. The Bertz CT molecular complexity index is 545. The lowest BCUT2D eigenvalue weighted by molar-refractivity contribution is -0.286. The summed E-state index contributed by atoms with van der Waals surface area (Å²) in [6.07, 6.45) is -3.05. The van der Waals surface area contributed by atoms with Crippen LogP contribution in [0.4, 0.5) is 8.78 Å². The molecule has 0 saturated carbocycles. The summed E-state index contributed by atoms with van der Waals surface area (Å²) in [6.45, 7) is 5.22. The van der Waals surface area contributed by atoms with Crippen molar-refractivity contribution in [2.24, 2.45) is 0 Å². The number of carbonyl (C=O) groups is 1. The Morgan fingerprint density at radius 1 is 1.40 bits per heavy atom. The summed E-state index contributed by atoms with van der Waals surface area (Å²) >= 11 is 0. The number of halogens is 2. The van der Waals surface area contributed by atoms with Gasteiger partial charge in [-0.25, -0.2) is 0 Å². The molecule has 5 nitrogen and oxygen atoms in total. The van der Waals surface area contributed by atoms with E-state index in [4.69, 9.17) is 4.74 Å². The summed E-state index contributed by atoms with van der Waals surface area (Å²) in [5, 5.41) is 2.53. The average molecular weight is 285 g/mol. The topological polar surface area (TPSA) is 56.8 Å². The molecule has 1 aromatic carbocycles. The van der Waals surface area contributed by atoms with Crippen molar-refractivity contribution in [1.82, 2.24) is 5.32 Å². The minimum atomic E-state index is -3.67. The molecular weight excluding hydrogens is 272 g/mol. The highest BCUT2D eigenvalue weighted by Crippen LogP contribution is 2.42. The van der Waals surface area contributed by atoms with Gasteiger partial charge in [0.2, 0.25) is 0 Å². The second-order valence-electron chi connectivity index (χ2n) is 4.07. The summed E-state index contributed by atoms with van der Waals surface area (Å²) in [6, 6.07) is 3.93. The Labute approximate surface area is 114 Å². The van der Waals surface area contributed by atoms with E-state index in [0.29, 0.717) is 12.1 Å². The first-order valence-corrected chi connectivity index (χ1v) is 5.90. The molecule has 0 fully saturated rings. The largest absolute Gasteiger partial charge is 0.586 e. The number of alkyl halides is 2. The number of nitrogens with one attached hydrogen (secondary N) is 1. The van der Waals surface area contributed by atoms with Crippen LogP contribution in [0.15, 0.2) is 30.5 Å². The van der Waals surface area contributed by atoms with Gasteiger partial charge in [0.15, 0.2) is 18.1 Å². The molecule has 2 rings (SSSR count). The van der Waals surface area contributed by atoms with Crippen LogP contribution in [-0.2, 0) is 4.79 Å². The van der Waals surface area contributed by atoms with Crippen molar-refractivity contribution in [2.75, 3.05) is 6.61 Å². The molecule has 0 atom stereocenters. The highest BCUT2D eigenvalue weighted by atomic mass is 19.3. The lowest BCUT2D eigenvalue weighted by atomic mass is 10.3. The fraction of sp³-hybridized carbons (Fsp3) is 0.308. The zero-order chi connectivity index (χ0) is 14.8. The molecule has 7 heteroatoms. The molecule has 0 bridgehead atoms. The maximum absolute atomic E-state index is 12.8. The maximum Gasteiger partial charge on any atom is 0.586 e. The number of allylic oxidation sites excluding steroid dienone is 1. The van der Waals surface area contributed by atoms with E-state index in [9.17, 15) is 13.6 Å². The van der Waals surface area contributed by atoms with Gasteiger partial charge in [-0.3, -0.25) is 4.79 Å². The van der Waals surface area contributed by atoms with E-state index in [1.807, 2.05) is 6.92 Å². The fourth-order valence-electron chi connectivity index (χ4n) is 1.49. The molecule has 0 aliphatic carbocycles. The molecule has 1 N–H and O–H groups in total.